The van der Waals surface area contributed by atoms with E-state index in [-0.39, 0.29) is 17.5 Å². The average molecular weight is 186 g/mol. The first kappa shape index (κ1) is 10.5. The Bertz CT molecular complexity index is 198. The normalized spacial score (nSPS) is 30.8. The molecule has 0 aromatic heterocycles. The Morgan fingerprint density at radius 1 is 1.46 bits per heavy atom. The molecule has 3 heteroatoms. The Labute approximate surface area is 79.4 Å². The highest BCUT2D eigenvalue weighted by Crippen LogP contribution is 2.42. The maximum absolute atomic E-state index is 10.6. The molecule has 3 nitrogen and oxygen atoms in total. The topological polar surface area (TPSA) is 35.5 Å². The zero-order valence-electron chi connectivity index (χ0n) is 8.79. The largest absolute Gasteiger partial charge is 0.463 e. The Hall–Kier alpha value is -0.570. The van der Waals surface area contributed by atoms with Crippen LogP contribution < -0.4 is 0 Å². The molecule has 0 saturated carbocycles. The Balaban J connectivity index is 2.35. The molecule has 76 valence electrons. The van der Waals surface area contributed by atoms with Crippen LogP contribution in [-0.4, -0.2) is 24.8 Å². The van der Waals surface area contributed by atoms with Gasteiger partial charge in [0.25, 0.3) is 0 Å². The summed E-state index contributed by atoms with van der Waals surface area (Å²) in [6.45, 7) is 8.22. The third-order valence-electron chi connectivity index (χ3n) is 2.80. The van der Waals surface area contributed by atoms with Gasteiger partial charge in [0.05, 0.1) is 12.2 Å². The van der Waals surface area contributed by atoms with Crippen molar-refractivity contribution in [3.63, 3.8) is 0 Å². The van der Waals surface area contributed by atoms with Crippen molar-refractivity contribution in [2.24, 2.45) is 5.41 Å². The fourth-order valence-corrected chi connectivity index (χ4v) is 1.75. The van der Waals surface area contributed by atoms with E-state index in [1.807, 2.05) is 0 Å². The molecule has 0 unspecified atom stereocenters. The smallest absolute Gasteiger partial charge is 0.302 e. The molecule has 0 N–H and O–H groups in total. The minimum absolute atomic E-state index is 0.0707. The molecule has 1 aliphatic rings. The highest BCUT2D eigenvalue weighted by Gasteiger charge is 2.48. The van der Waals surface area contributed by atoms with Gasteiger partial charge in [-0.2, -0.15) is 0 Å². The maximum atomic E-state index is 10.6. The summed E-state index contributed by atoms with van der Waals surface area (Å²) in [5.41, 5.74) is 0.143. The van der Waals surface area contributed by atoms with Crippen molar-refractivity contribution < 1.29 is 14.3 Å². The Morgan fingerprint density at radius 2 is 2.08 bits per heavy atom. The molecule has 1 saturated heterocycles. The van der Waals surface area contributed by atoms with Gasteiger partial charge in [-0.3, -0.25) is 4.79 Å². The molecule has 0 spiro atoms. The summed E-state index contributed by atoms with van der Waals surface area (Å²) in [6, 6.07) is 0. The summed E-state index contributed by atoms with van der Waals surface area (Å²) >= 11 is 0. The predicted molar refractivity (Wildman–Crippen MR) is 49.4 cm³/mol. The van der Waals surface area contributed by atoms with E-state index in [0.29, 0.717) is 12.7 Å². The van der Waals surface area contributed by atoms with Gasteiger partial charge in [-0.25, -0.2) is 0 Å². The first-order valence-corrected chi connectivity index (χ1v) is 4.77. The summed E-state index contributed by atoms with van der Waals surface area (Å²) < 4.78 is 10.5. The maximum Gasteiger partial charge on any atom is 0.302 e. The van der Waals surface area contributed by atoms with Gasteiger partial charge in [-0.05, 0) is 6.42 Å². The van der Waals surface area contributed by atoms with Crippen LogP contribution in [0.2, 0.25) is 0 Å². The summed E-state index contributed by atoms with van der Waals surface area (Å²) in [7, 11) is 0. The van der Waals surface area contributed by atoms with E-state index in [2.05, 4.69) is 20.8 Å². The monoisotopic (exact) mass is 186 g/mol. The molecule has 0 aromatic rings. The molecule has 0 aliphatic carbocycles. The molecule has 0 aromatic carbocycles. The summed E-state index contributed by atoms with van der Waals surface area (Å²) in [5, 5.41) is 0. The van der Waals surface area contributed by atoms with Crippen molar-refractivity contribution in [2.75, 3.05) is 6.61 Å². The van der Waals surface area contributed by atoms with Gasteiger partial charge in [-0.1, -0.05) is 20.8 Å². The van der Waals surface area contributed by atoms with Crippen molar-refractivity contribution in [3.8, 4) is 0 Å². The van der Waals surface area contributed by atoms with Crippen LogP contribution in [0.4, 0.5) is 0 Å². The number of esters is 1. The third-order valence-corrected chi connectivity index (χ3v) is 2.80. The van der Waals surface area contributed by atoms with Crippen LogP contribution in [0, 0.1) is 5.41 Å². The van der Waals surface area contributed by atoms with Crippen molar-refractivity contribution in [1.82, 2.24) is 0 Å². The third kappa shape index (κ3) is 2.02. The Kier molecular flexibility index (Phi) is 2.96. The quantitative estimate of drug-likeness (QED) is 0.630. The average Bonchev–Trinajstić information content (AvgIpc) is 2.02. The second-order valence-electron chi connectivity index (χ2n) is 4.15. The van der Waals surface area contributed by atoms with Gasteiger partial charge in [0.2, 0.25) is 0 Å². The zero-order chi connectivity index (χ0) is 10.1. The van der Waals surface area contributed by atoms with E-state index in [4.69, 9.17) is 9.47 Å². The van der Waals surface area contributed by atoms with Gasteiger partial charge in [0.15, 0.2) is 0 Å². The van der Waals surface area contributed by atoms with Crippen LogP contribution in [0.1, 0.15) is 34.1 Å². The summed E-state index contributed by atoms with van der Waals surface area (Å²) in [5.74, 6) is -0.237. The second kappa shape index (κ2) is 3.66. The number of carbonyl (C=O) groups is 1. The molecule has 1 heterocycles. The van der Waals surface area contributed by atoms with E-state index in [1.54, 1.807) is 0 Å². The van der Waals surface area contributed by atoms with Gasteiger partial charge in [-0.15, -0.1) is 0 Å². The molecular weight excluding hydrogens is 168 g/mol. The lowest BCUT2D eigenvalue weighted by Crippen LogP contribution is -2.57. The van der Waals surface area contributed by atoms with E-state index in [1.165, 1.54) is 6.92 Å². The first-order valence-electron chi connectivity index (χ1n) is 4.77. The van der Waals surface area contributed by atoms with Crippen molar-refractivity contribution in [2.45, 2.75) is 46.3 Å². The van der Waals surface area contributed by atoms with Crippen molar-refractivity contribution in [1.29, 1.82) is 0 Å². The zero-order valence-corrected chi connectivity index (χ0v) is 8.79. The molecule has 1 fully saturated rings. The van der Waals surface area contributed by atoms with Crippen LogP contribution in [0.25, 0.3) is 0 Å². The van der Waals surface area contributed by atoms with Gasteiger partial charge >= 0.3 is 5.97 Å². The SMILES string of the molecule is CC[C@H]1O[C@@H](COC(C)=O)C1(C)C. The molecule has 1 rings (SSSR count). The number of rotatable bonds is 3. The highest BCUT2D eigenvalue weighted by molar-refractivity contribution is 5.65. The minimum atomic E-state index is -0.237. The number of hydrogen-bond acceptors (Lipinski definition) is 3. The number of carbonyl (C=O) groups excluding carboxylic acids is 1. The Morgan fingerprint density at radius 3 is 2.46 bits per heavy atom. The first-order chi connectivity index (χ1) is 5.98. The number of hydrogen-bond donors (Lipinski definition) is 0. The van der Waals surface area contributed by atoms with Crippen LogP contribution in [0.5, 0.6) is 0 Å². The lowest BCUT2D eigenvalue weighted by atomic mass is 9.74. The highest BCUT2D eigenvalue weighted by atomic mass is 16.6. The lowest BCUT2D eigenvalue weighted by molar-refractivity contribution is -0.249. The molecular formula is C10H18O3. The van der Waals surface area contributed by atoms with Crippen molar-refractivity contribution in [3.05, 3.63) is 0 Å². The fraction of sp³-hybridized carbons (Fsp3) is 0.900. The van der Waals surface area contributed by atoms with E-state index in [0.717, 1.165) is 6.42 Å². The lowest BCUT2D eigenvalue weighted by Gasteiger charge is -2.51. The molecule has 0 amide bonds. The number of ether oxygens (including phenoxy) is 2. The summed E-state index contributed by atoms with van der Waals surface area (Å²) in [4.78, 5) is 10.6. The van der Waals surface area contributed by atoms with Crippen LogP contribution >= 0.6 is 0 Å². The van der Waals surface area contributed by atoms with E-state index >= 15 is 0 Å². The van der Waals surface area contributed by atoms with E-state index in [9.17, 15) is 4.79 Å². The van der Waals surface area contributed by atoms with Gasteiger partial charge in [0, 0.05) is 12.3 Å². The van der Waals surface area contributed by atoms with Gasteiger partial charge < -0.3 is 9.47 Å². The fourth-order valence-electron chi connectivity index (χ4n) is 1.75. The molecule has 0 bridgehead atoms. The van der Waals surface area contributed by atoms with Crippen LogP contribution in [0.3, 0.4) is 0 Å². The standard InChI is InChI=1S/C10H18O3/c1-5-8-10(3,4)9(13-8)6-12-7(2)11/h8-9H,5-6H2,1-4H3/t8-,9+/m1/s1. The van der Waals surface area contributed by atoms with Crippen molar-refractivity contribution >= 4 is 5.97 Å². The second-order valence-corrected chi connectivity index (χ2v) is 4.15. The summed E-state index contributed by atoms with van der Waals surface area (Å²) in [6.07, 6.45) is 1.40. The minimum Gasteiger partial charge on any atom is -0.463 e. The van der Waals surface area contributed by atoms with Crippen LogP contribution in [-0.2, 0) is 14.3 Å². The van der Waals surface area contributed by atoms with E-state index < -0.39 is 0 Å². The molecule has 1 aliphatic heterocycles. The molecule has 0 radical (unpaired) electrons. The molecule has 2 atom stereocenters. The van der Waals surface area contributed by atoms with Gasteiger partial charge in [0.1, 0.15) is 6.61 Å². The van der Waals surface area contributed by atoms with Crippen LogP contribution in [0.15, 0.2) is 0 Å². The predicted octanol–water partition coefficient (Wildman–Crippen LogP) is 1.75. The molecule has 13 heavy (non-hydrogen) atoms.